The quantitative estimate of drug-likeness (QED) is 0.471. The third-order valence-corrected chi connectivity index (χ3v) is 0.567. The van der Waals surface area contributed by atoms with Gasteiger partial charge in [0.25, 0.3) is 6.47 Å². The topological polar surface area (TPSA) is 37.3 Å². The summed E-state index contributed by atoms with van der Waals surface area (Å²) in [5.74, 6) is 0. The van der Waals surface area contributed by atoms with Crippen LogP contribution in [0.25, 0.3) is 0 Å². The molecule has 0 radical (unpaired) electrons. The molecule has 2 nitrogen and oxygen atoms in total. The summed E-state index contributed by atoms with van der Waals surface area (Å²) in [6.07, 6.45) is 1.69. The Morgan fingerprint density at radius 1 is 1.75 bits per heavy atom. The number of carbonyl (C=O) groups is 1. The predicted octanol–water partition coefficient (Wildman–Crippen LogP) is 2.22. The van der Waals surface area contributed by atoms with E-state index in [2.05, 4.69) is 0 Å². The van der Waals surface area contributed by atoms with Crippen LogP contribution in [0.3, 0.4) is 0 Å². The molecule has 8 heavy (non-hydrogen) atoms. The van der Waals surface area contributed by atoms with Crippen LogP contribution in [0.15, 0.2) is 0 Å². The van der Waals surface area contributed by atoms with Gasteiger partial charge < -0.3 is 5.11 Å². The minimum Gasteiger partial charge on any atom is -0.483 e. The molecule has 5 heteroatoms. The lowest BCUT2D eigenvalue weighted by atomic mass is 11.7. The van der Waals surface area contributed by atoms with Gasteiger partial charge in [-0.25, -0.2) is 0 Å². The van der Waals surface area contributed by atoms with Gasteiger partial charge in [0.05, 0.1) is 0 Å². The molecule has 0 aromatic carbocycles. The maximum atomic E-state index is 10.6. The van der Waals surface area contributed by atoms with E-state index in [1.54, 1.807) is 6.26 Å². The molecule has 0 heterocycles. The minimum absolute atomic E-state index is 0. The van der Waals surface area contributed by atoms with Crippen molar-refractivity contribution in [1.29, 1.82) is 0 Å². The first-order valence-corrected chi connectivity index (χ1v) is 3.68. The summed E-state index contributed by atoms with van der Waals surface area (Å²) in [4.78, 5) is 8.36. The Morgan fingerprint density at radius 2 is 1.88 bits per heavy atom. The van der Waals surface area contributed by atoms with Gasteiger partial charge in [0.15, 0.2) is 0 Å². The van der Waals surface area contributed by atoms with Gasteiger partial charge in [-0.3, -0.25) is 4.79 Å². The monoisotopic (exact) mass is 160 g/mol. The highest BCUT2D eigenvalue weighted by molar-refractivity contribution is 8.74. The van der Waals surface area contributed by atoms with Gasteiger partial charge in [-0.1, -0.05) is 18.2 Å². The molecule has 0 rings (SSSR count). The van der Waals surface area contributed by atoms with Gasteiger partial charge in [-0.2, -0.15) is 3.89 Å². The van der Waals surface area contributed by atoms with Gasteiger partial charge in [-0.15, -0.1) is 0 Å². The molecule has 0 aliphatic carbocycles. The second-order valence-electron chi connectivity index (χ2n) is 0.335. The highest BCUT2D eigenvalue weighted by atomic mass is 33.1. The Bertz CT molecular complexity index is 34.5. The largest absolute Gasteiger partial charge is 0.483 e. The second kappa shape index (κ2) is 27.5. The summed E-state index contributed by atoms with van der Waals surface area (Å²) in [5.41, 5.74) is 0. The Morgan fingerprint density at radius 3 is 1.88 bits per heavy atom. The fourth-order valence-corrected chi connectivity index (χ4v) is 0. The van der Waals surface area contributed by atoms with Crippen molar-refractivity contribution in [3.05, 3.63) is 0 Å². The van der Waals surface area contributed by atoms with E-state index in [0.717, 1.165) is 10.8 Å². The fraction of sp³-hybridized carbons (Fsp3) is 0.667. The summed E-state index contributed by atoms with van der Waals surface area (Å²) in [5, 5.41) is 6.89. The lowest BCUT2D eigenvalue weighted by Gasteiger charge is -1.62. The van der Waals surface area contributed by atoms with E-state index in [-0.39, 0.29) is 25.1 Å². The number of rotatable bonds is 1. The van der Waals surface area contributed by atoms with E-state index in [1.165, 1.54) is 0 Å². The van der Waals surface area contributed by atoms with Gasteiger partial charge in [-0.05, 0) is 6.26 Å². The zero-order valence-corrected chi connectivity index (χ0v) is 5.26. The van der Waals surface area contributed by atoms with Gasteiger partial charge in [0, 0.05) is 0 Å². The van der Waals surface area contributed by atoms with E-state index >= 15 is 0 Å². The van der Waals surface area contributed by atoms with Crippen LogP contribution < -0.4 is 0 Å². The average molecular weight is 160 g/mol. The van der Waals surface area contributed by atoms with Crippen LogP contribution in [-0.4, -0.2) is 17.8 Å². The highest BCUT2D eigenvalue weighted by Gasteiger charge is 1.62. The minimum atomic E-state index is -0.250. The summed E-state index contributed by atoms with van der Waals surface area (Å²) >= 11 is 0.273. The zero-order chi connectivity index (χ0) is 6.12. The molecule has 52 valence electrons. The van der Waals surface area contributed by atoms with E-state index in [9.17, 15) is 3.89 Å². The van der Waals surface area contributed by atoms with Crippen LogP contribution in [-0.2, 0) is 4.79 Å². The SMILES string of the molecule is C.CSSF.O=CO. The molecule has 0 aliphatic heterocycles. The van der Waals surface area contributed by atoms with Crippen molar-refractivity contribution in [2.75, 3.05) is 6.26 Å². The Balaban J connectivity index is -0.0000000575. The smallest absolute Gasteiger partial charge is 0.290 e. The van der Waals surface area contributed by atoms with Crippen LogP contribution in [0.1, 0.15) is 7.43 Å². The summed E-state index contributed by atoms with van der Waals surface area (Å²) < 4.78 is 10.6. The molecule has 0 atom stereocenters. The third-order valence-electron chi connectivity index (χ3n) is 0.0630. The first-order chi connectivity index (χ1) is 3.33. The summed E-state index contributed by atoms with van der Waals surface area (Å²) in [7, 11) is 1.11. The molecule has 0 bridgehead atoms. The van der Waals surface area contributed by atoms with Crippen molar-refractivity contribution in [1.82, 2.24) is 0 Å². The lowest BCUT2D eigenvalue weighted by Crippen LogP contribution is -1.49. The van der Waals surface area contributed by atoms with Crippen LogP contribution in [0.4, 0.5) is 3.89 Å². The molecule has 1 N–H and O–H groups in total. The maximum absolute atomic E-state index is 10.6. The molecule has 0 spiro atoms. The molecule has 0 saturated carbocycles. The molecule has 0 aromatic rings. The maximum Gasteiger partial charge on any atom is 0.290 e. The Labute approximate surface area is 56.5 Å². The average Bonchev–Trinajstić information content (AvgIpc) is 1.69. The molecular formula is C3H9FO2S2. The van der Waals surface area contributed by atoms with E-state index in [1.807, 2.05) is 0 Å². The Hall–Kier alpha value is 0.1000. The normalized spacial score (nSPS) is 5.25. The van der Waals surface area contributed by atoms with E-state index < -0.39 is 0 Å². The second-order valence-corrected chi connectivity index (χ2v) is 2.17. The van der Waals surface area contributed by atoms with Crippen LogP contribution in [0, 0.1) is 0 Å². The zero-order valence-electron chi connectivity index (χ0n) is 3.63. The first kappa shape index (κ1) is 15.7. The van der Waals surface area contributed by atoms with Crippen molar-refractivity contribution in [2.45, 2.75) is 7.43 Å². The van der Waals surface area contributed by atoms with Gasteiger partial charge >= 0.3 is 0 Å². The lowest BCUT2D eigenvalue weighted by molar-refractivity contribution is -0.122. The van der Waals surface area contributed by atoms with Crippen LogP contribution in [0.5, 0.6) is 0 Å². The number of carboxylic acid groups (broad SMARTS) is 1. The molecule has 0 amide bonds. The number of hydrogen-bond donors (Lipinski definition) is 1. The highest BCUT2D eigenvalue weighted by Crippen LogP contribution is 2.15. The molecule has 0 aliphatic rings. The van der Waals surface area contributed by atoms with Crippen molar-refractivity contribution >= 4 is 28.4 Å². The van der Waals surface area contributed by atoms with Crippen molar-refractivity contribution in [3.8, 4) is 0 Å². The predicted molar refractivity (Wildman–Crippen MR) is 37.6 cm³/mol. The standard InChI is InChI=1S/CH3FS2.CH2O2.CH4/c1-3-4-2;2-1-3;/h1H3;1H,(H,2,3);1H4. The van der Waals surface area contributed by atoms with Crippen LogP contribution in [0.2, 0.25) is 0 Å². The van der Waals surface area contributed by atoms with Gasteiger partial charge in [0.1, 0.15) is 11.2 Å². The van der Waals surface area contributed by atoms with E-state index in [0.29, 0.717) is 0 Å². The number of halogens is 1. The van der Waals surface area contributed by atoms with Crippen molar-refractivity contribution in [2.24, 2.45) is 0 Å². The van der Waals surface area contributed by atoms with E-state index in [4.69, 9.17) is 9.90 Å². The van der Waals surface area contributed by atoms with Crippen molar-refractivity contribution < 1.29 is 13.8 Å². The molecule has 0 unspecified atom stereocenters. The van der Waals surface area contributed by atoms with Crippen molar-refractivity contribution in [3.63, 3.8) is 0 Å². The summed E-state index contributed by atoms with van der Waals surface area (Å²) in [6, 6.07) is 0. The summed E-state index contributed by atoms with van der Waals surface area (Å²) in [6.45, 7) is -0.250. The molecule has 0 fully saturated rings. The third kappa shape index (κ3) is 131. The van der Waals surface area contributed by atoms with Crippen LogP contribution >= 0.6 is 22.0 Å². The molecule has 0 aromatic heterocycles. The Kier molecular flexibility index (Phi) is 53.9. The molecular weight excluding hydrogens is 151 g/mol. The van der Waals surface area contributed by atoms with Gasteiger partial charge in [0.2, 0.25) is 0 Å². The molecule has 0 saturated heterocycles. The first-order valence-electron chi connectivity index (χ1n) is 1.22. The fourth-order valence-electron chi connectivity index (χ4n) is 0. The number of hydrogen-bond acceptors (Lipinski definition) is 3.